The molecule has 4 nitrogen and oxygen atoms in total. The lowest BCUT2D eigenvalue weighted by Crippen LogP contribution is -1.95. The zero-order valence-corrected chi connectivity index (χ0v) is 7.61. The quantitative estimate of drug-likeness (QED) is 0.538. The van der Waals surface area contributed by atoms with Crippen LogP contribution >= 0.6 is 0 Å². The van der Waals surface area contributed by atoms with Gasteiger partial charge >= 0.3 is 0 Å². The number of aromatic hydroxyl groups is 1. The Hall–Kier alpha value is -1.71. The number of hydrogen-bond acceptors (Lipinski definition) is 4. The highest BCUT2D eigenvalue weighted by atomic mass is 16.5. The normalized spacial score (nSPS) is 10.3. The average Bonchev–Trinajstić information content (AvgIpc) is 2.16. The van der Waals surface area contributed by atoms with Gasteiger partial charge in [-0.3, -0.25) is 0 Å². The Labute approximate surface area is 76.8 Å². The molecule has 0 saturated carbocycles. The van der Waals surface area contributed by atoms with Crippen LogP contribution in [0.3, 0.4) is 0 Å². The van der Waals surface area contributed by atoms with Crippen molar-refractivity contribution in [2.45, 2.75) is 0 Å². The summed E-state index contributed by atoms with van der Waals surface area (Å²) in [5.41, 5.74) is 3.25. The van der Waals surface area contributed by atoms with Crippen molar-refractivity contribution in [2.75, 3.05) is 14.2 Å². The summed E-state index contributed by atoms with van der Waals surface area (Å²) in [6, 6.07) is 5.03. The Morgan fingerprint density at radius 2 is 2.31 bits per heavy atom. The van der Waals surface area contributed by atoms with Crippen LogP contribution in [0.4, 0.5) is 0 Å². The number of hydrazone groups is 1. The minimum absolute atomic E-state index is 0.151. The van der Waals surface area contributed by atoms with Crippen molar-refractivity contribution in [1.82, 2.24) is 5.43 Å². The van der Waals surface area contributed by atoms with E-state index in [1.54, 1.807) is 26.3 Å². The second kappa shape index (κ2) is 4.35. The summed E-state index contributed by atoms with van der Waals surface area (Å²) in [5.74, 6) is 0.775. The highest BCUT2D eigenvalue weighted by molar-refractivity contribution is 5.83. The molecule has 0 aliphatic carbocycles. The molecular weight excluding hydrogens is 168 g/mol. The smallest absolute Gasteiger partial charge is 0.128 e. The number of hydrogen-bond donors (Lipinski definition) is 2. The van der Waals surface area contributed by atoms with Crippen LogP contribution in [-0.2, 0) is 0 Å². The predicted octanol–water partition coefficient (Wildman–Crippen LogP) is 0.954. The van der Waals surface area contributed by atoms with Gasteiger partial charge < -0.3 is 15.3 Å². The molecule has 1 aromatic rings. The van der Waals surface area contributed by atoms with E-state index in [4.69, 9.17) is 4.74 Å². The zero-order valence-electron chi connectivity index (χ0n) is 7.61. The second-order valence-electron chi connectivity index (χ2n) is 2.41. The van der Waals surface area contributed by atoms with Gasteiger partial charge in [0.05, 0.1) is 13.3 Å². The van der Waals surface area contributed by atoms with Gasteiger partial charge in [-0.15, -0.1) is 0 Å². The lowest BCUT2D eigenvalue weighted by atomic mass is 10.2. The average molecular weight is 180 g/mol. The molecule has 0 aliphatic heterocycles. The molecule has 1 aromatic carbocycles. The third-order valence-corrected chi connectivity index (χ3v) is 1.57. The fourth-order valence-electron chi connectivity index (χ4n) is 0.894. The van der Waals surface area contributed by atoms with Gasteiger partial charge in [-0.05, 0) is 12.1 Å². The summed E-state index contributed by atoms with van der Waals surface area (Å²) in [5, 5.41) is 13.2. The van der Waals surface area contributed by atoms with Gasteiger partial charge in [0.25, 0.3) is 0 Å². The number of ether oxygens (including phenoxy) is 1. The molecule has 0 aliphatic rings. The first-order valence-electron chi connectivity index (χ1n) is 3.84. The monoisotopic (exact) mass is 180 g/mol. The van der Waals surface area contributed by atoms with Crippen LogP contribution in [0.2, 0.25) is 0 Å². The van der Waals surface area contributed by atoms with E-state index in [9.17, 15) is 5.11 Å². The van der Waals surface area contributed by atoms with Gasteiger partial charge in [0.15, 0.2) is 0 Å². The van der Waals surface area contributed by atoms with Crippen LogP contribution in [0.5, 0.6) is 11.5 Å². The molecule has 1 rings (SSSR count). The van der Waals surface area contributed by atoms with Crippen molar-refractivity contribution in [2.24, 2.45) is 5.10 Å². The first-order valence-corrected chi connectivity index (χ1v) is 3.84. The van der Waals surface area contributed by atoms with Gasteiger partial charge in [0.1, 0.15) is 11.5 Å². The van der Waals surface area contributed by atoms with E-state index in [2.05, 4.69) is 10.5 Å². The third-order valence-electron chi connectivity index (χ3n) is 1.57. The van der Waals surface area contributed by atoms with Gasteiger partial charge in [-0.1, -0.05) is 0 Å². The molecule has 0 radical (unpaired) electrons. The number of nitrogens with one attached hydrogen (secondary N) is 1. The number of phenolic OH excluding ortho intramolecular Hbond substituents is 1. The Morgan fingerprint density at radius 3 is 2.85 bits per heavy atom. The van der Waals surface area contributed by atoms with Crippen molar-refractivity contribution in [3.63, 3.8) is 0 Å². The summed E-state index contributed by atoms with van der Waals surface area (Å²) in [6.45, 7) is 0. The Bertz CT molecular complexity index is 310. The van der Waals surface area contributed by atoms with Crippen molar-refractivity contribution < 1.29 is 9.84 Å². The van der Waals surface area contributed by atoms with Crippen LogP contribution < -0.4 is 10.2 Å². The van der Waals surface area contributed by atoms with E-state index in [0.717, 1.165) is 0 Å². The van der Waals surface area contributed by atoms with E-state index in [1.165, 1.54) is 12.3 Å². The Kier molecular flexibility index (Phi) is 3.14. The highest BCUT2D eigenvalue weighted by Gasteiger charge is 1.99. The van der Waals surface area contributed by atoms with Crippen LogP contribution in [-0.4, -0.2) is 25.5 Å². The van der Waals surface area contributed by atoms with E-state index in [1.807, 2.05) is 0 Å². The minimum Gasteiger partial charge on any atom is -0.507 e. The van der Waals surface area contributed by atoms with E-state index in [0.29, 0.717) is 11.3 Å². The maximum atomic E-state index is 9.45. The molecule has 0 aromatic heterocycles. The second-order valence-corrected chi connectivity index (χ2v) is 2.41. The van der Waals surface area contributed by atoms with Crippen molar-refractivity contribution in [1.29, 1.82) is 0 Å². The summed E-state index contributed by atoms with van der Waals surface area (Å²) in [7, 11) is 3.24. The SMILES string of the molecule is CN/N=C/c1ccc(OC)cc1O. The van der Waals surface area contributed by atoms with Crippen molar-refractivity contribution in [3.05, 3.63) is 23.8 Å². The fraction of sp³-hybridized carbons (Fsp3) is 0.222. The highest BCUT2D eigenvalue weighted by Crippen LogP contribution is 2.21. The lowest BCUT2D eigenvalue weighted by Gasteiger charge is -2.02. The Balaban J connectivity index is 2.91. The Morgan fingerprint density at radius 1 is 1.54 bits per heavy atom. The van der Waals surface area contributed by atoms with E-state index >= 15 is 0 Å². The maximum Gasteiger partial charge on any atom is 0.128 e. The lowest BCUT2D eigenvalue weighted by molar-refractivity contribution is 0.407. The molecule has 0 atom stereocenters. The molecule has 0 bridgehead atoms. The summed E-state index contributed by atoms with van der Waals surface area (Å²) in [6.07, 6.45) is 1.54. The molecule has 0 spiro atoms. The first kappa shape index (κ1) is 9.38. The van der Waals surface area contributed by atoms with Crippen LogP contribution in [0, 0.1) is 0 Å². The van der Waals surface area contributed by atoms with Gasteiger partial charge in [0.2, 0.25) is 0 Å². The molecule has 2 N–H and O–H groups in total. The van der Waals surface area contributed by atoms with Gasteiger partial charge in [-0.25, -0.2) is 0 Å². The predicted molar refractivity (Wildman–Crippen MR) is 51.3 cm³/mol. The zero-order chi connectivity index (χ0) is 9.68. The third kappa shape index (κ3) is 2.37. The molecule has 70 valence electrons. The van der Waals surface area contributed by atoms with Gasteiger partial charge in [-0.2, -0.15) is 5.10 Å². The summed E-state index contributed by atoms with van der Waals surface area (Å²) in [4.78, 5) is 0. The number of methoxy groups -OCH3 is 1. The standard InChI is InChI=1S/C9H12N2O2/c1-10-11-6-7-3-4-8(13-2)5-9(7)12/h3-6,10,12H,1-2H3/b11-6+. The molecule has 0 heterocycles. The minimum atomic E-state index is 0.151. The number of phenols is 1. The molecule has 0 saturated heterocycles. The van der Waals surface area contributed by atoms with Crippen molar-refractivity contribution >= 4 is 6.21 Å². The van der Waals surface area contributed by atoms with E-state index < -0.39 is 0 Å². The first-order chi connectivity index (χ1) is 6.27. The van der Waals surface area contributed by atoms with E-state index in [-0.39, 0.29) is 5.75 Å². The topological polar surface area (TPSA) is 53.9 Å². The summed E-state index contributed by atoms with van der Waals surface area (Å²) >= 11 is 0. The number of nitrogens with zero attached hydrogens (tertiary/aromatic N) is 1. The molecule has 4 heteroatoms. The summed E-state index contributed by atoms with van der Waals surface area (Å²) < 4.78 is 4.93. The molecule has 0 fully saturated rings. The van der Waals surface area contributed by atoms with Crippen LogP contribution in [0.1, 0.15) is 5.56 Å². The van der Waals surface area contributed by atoms with Crippen molar-refractivity contribution in [3.8, 4) is 11.5 Å². The van der Waals surface area contributed by atoms with Gasteiger partial charge in [0, 0.05) is 18.7 Å². The fourth-order valence-corrected chi connectivity index (χ4v) is 0.894. The van der Waals surface area contributed by atoms with Crippen LogP contribution in [0.15, 0.2) is 23.3 Å². The largest absolute Gasteiger partial charge is 0.507 e. The number of rotatable bonds is 3. The molecular formula is C9H12N2O2. The molecule has 0 amide bonds. The molecule has 0 unspecified atom stereocenters. The number of benzene rings is 1. The maximum absolute atomic E-state index is 9.45. The molecule has 13 heavy (non-hydrogen) atoms. The van der Waals surface area contributed by atoms with Crippen LogP contribution in [0.25, 0.3) is 0 Å².